The van der Waals surface area contributed by atoms with Crippen LogP contribution in [0.15, 0.2) is 60.9 Å². The summed E-state index contributed by atoms with van der Waals surface area (Å²) in [6.45, 7) is 0. The van der Waals surface area contributed by atoms with Gasteiger partial charge in [-0.1, -0.05) is 35.3 Å². The number of aromatic nitrogens is 6. The van der Waals surface area contributed by atoms with Gasteiger partial charge in [0.25, 0.3) is 0 Å². The maximum Gasteiger partial charge on any atom is 0.411 e. The van der Waals surface area contributed by atoms with Crippen molar-refractivity contribution in [2.75, 3.05) is 24.4 Å². The molecule has 2 aromatic carbocycles. The number of carbonyl (C=O) groups excluding carboxylic acids is 2. The Kier molecular flexibility index (Phi) is 10.1. The second-order valence-corrected chi connectivity index (χ2v) is 10.9. The van der Waals surface area contributed by atoms with Gasteiger partial charge in [0, 0.05) is 50.7 Å². The van der Waals surface area contributed by atoms with Crippen molar-refractivity contribution in [1.29, 1.82) is 0 Å². The molecule has 4 aromatic rings. The third kappa shape index (κ3) is 8.16. The smallest absolute Gasteiger partial charge is 0.411 e. The zero-order chi connectivity index (χ0) is 29.4. The fourth-order valence-corrected chi connectivity index (χ4v) is 4.72. The number of anilines is 1. The van der Waals surface area contributed by atoms with Crippen LogP contribution in [0.4, 0.5) is 10.5 Å². The topological polar surface area (TPSA) is 154 Å². The second kappa shape index (κ2) is 13.9. The van der Waals surface area contributed by atoms with E-state index in [0.29, 0.717) is 51.0 Å². The summed E-state index contributed by atoms with van der Waals surface area (Å²) in [5, 5.41) is 25.6. The van der Waals surface area contributed by atoms with Gasteiger partial charge in [0.15, 0.2) is 5.15 Å². The molecule has 0 aliphatic rings. The SMILES string of the molecule is COC(=O)Nc1ccc(-c2cc([C@H](CCS(C)=O)NC(=O)C=Cc3cc(Cl)ccc3-n3cnnn3)nnc2Cl)cc1. The van der Waals surface area contributed by atoms with Crippen LogP contribution in [-0.2, 0) is 20.3 Å². The summed E-state index contributed by atoms with van der Waals surface area (Å²) in [7, 11) is 0.166. The molecule has 2 N–H and O–H groups in total. The van der Waals surface area contributed by atoms with Crippen molar-refractivity contribution >= 4 is 57.8 Å². The van der Waals surface area contributed by atoms with Crippen molar-refractivity contribution in [2.24, 2.45) is 0 Å². The third-order valence-electron chi connectivity index (χ3n) is 5.76. The lowest BCUT2D eigenvalue weighted by molar-refractivity contribution is -0.117. The van der Waals surface area contributed by atoms with Gasteiger partial charge in [-0.05, 0) is 64.9 Å². The predicted molar refractivity (Wildman–Crippen MR) is 156 cm³/mol. The summed E-state index contributed by atoms with van der Waals surface area (Å²) >= 11 is 12.5. The Morgan fingerprint density at radius 2 is 1.90 bits per heavy atom. The van der Waals surface area contributed by atoms with Crippen molar-refractivity contribution in [1.82, 2.24) is 35.7 Å². The van der Waals surface area contributed by atoms with E-state index in [-0.39, 0.29) is 5.15 Å². The minimum Gasteiger partial charge on any atom is -0.453 e. The van der Waals surface area contributed by atoms with E-state index in [1.165, 1.54) is 24.2 Å². The second-order valence-electron chi connectivity index (χ2n) is 8.59. The molecule has 0 saturated carbocycles. The number of tetrazole rings is 1. The van der Waals surface area contributed by atoms with Crippen LogP contribution in [0.1, 0.15) is 23.7 Å². The molecule has 0 radical (unpaired) electrons. The van der Waals surface area contributed by atoms with Crippen LogP contribution >= 0.6 is 23.2 Å². The third-order valence-corrected chi connectivity index (χ3v) is 7.09. The first-order chi connectivity index (χ1) is 19.7. The van der Waals surface area contributed by atoms with E-state index in [9.17, 15) is 13.8 Å². The number of rotatable bonds is 10. The maximum absolute atomic E-state index is 13.0. The average Bonchev–Trinajstić information content (AvgIpc) is 3.50. The Morgan fingerprint density at radius 1 is 1.12 bits per heavy atom. The number of hydrogen-bond donors (Lipinski definition) is 2. The highest BCUT2D eigenvalue weighted by Crippen LogP contribution is 2.30. The minimum absolute atomic E-state index is 0.155. The van der Waals surface area contributed by atoms with Crippen LogP contribution in [0.5, 0.6) is 0 Å². The van der Waals surface area contributed by atoms with Crippen molar-refractivity contribution < 1.29 is 18.5 Å². The zero-order valence-electron chi connectivity index (χ0n) is 21.8. The number of halogens is 2. The number of carbonyl (C=O) groups is 2. The van der Waals surface area contributed by atoms with Crippen LogP contribution in [0, 0.1) is 0 Å². The Hall–Kier alpha value is -4.20. The molecule has 0 aliphatic heterocycles. The number of amides is 2. The summed E-state index contributed by atoms with van der Waals surface area (Å²) in [6, 6.07) is 13.1. The molecule has 2 amide bonds. The molecule has 41 heavy (non-hydrogen) atoms. The molecule has 212 valence electrons. The molecule has 0 aliphatic carbocycles. The van der Waals surface area contributed by atoms with Gasteiger partial charge in [0.05, 0.1) is 24.5 Å². The van der Waals surface area contributed by atoms with E-state index < -0.39 is 28.8 Å². The van der Waals surface area contributed by atoms with Crippen LogP contribution in [0.25, 0.3) is 22.9 Å². The monoisotopic (exact) mass is 614 g/mol. The van der Waals surface area contributed by atoms with Gasteiger partial charge < -0.3 is 10.1 Å². The van der Waals surface area contributed by atoms with Crippen molar-refractivity contribution in [2.45, 2.75) is 12.5 Å². The quantitative estimate of drug-likeness (QED) is 0.249. The molecule has 15 heteroatoms. The minimum atomic E-state index is -1.11. The Morgan fingerprint density at radius 3 is 2.59 bits per heavy atom. The lowest BCUT2D eigenvalue weighted by atomic mass is 10.0. The van der Waals surface area contributed by atoms with Gasteiger partial charge in [-0.25, -0.2) is 4.79 Å². The van der Waals surface area contributed by atoms with Gasteiger partial charge >= 0.3 is 6.09 Å². The van der Waals surface area contributed by atoms with Crippen LogP contribution < -0.4 is 10.6 Å². The van der Waals surface area contributed by atoms with E-state index in [1.54, 1.807) is 60.9 Å². The van der Waals surface area contributed by atoms with Gasteiger partial charge in [-0.3, -0.25) is 14.3 Å². The first-order valence-corrected chi connectivity index (χ1v) is 14.5. The van der Waals surface area contributed by atoms with Crippen molar-refractivity contribution in [3.05, 3.63) is 82.4 Å². The highest BCUT2D eigenvalue weighted by Gasteiger charge is 2.19. The molecule has 12 nitrogen and oxygen atoms in total. The Balaban J connectivity index is 1.57. The number of nitrogens with one attached hydrogen (secondary N) is 2. The van der Waals surface area contributed by atoms with E-state index in [4.69, 9.17) is 23.2 Å². The number of hydrogen-bond acceptors (Lipinski definition) is 9. The fraction of sp³-hybridized carbons (Fsp3) is 0.192. The van der Waals surface area contributed by atoms with Crippen LogP contribution in [0.2, 0.25) is 10.2 Å². The normalized spacial score (nSPS) is 12.6. The number of nitrogens with zero attached hydrogens (tertiary/aromatic N) is 6. The summed E-state index contributed by atoms with van der Waals surface area (Å²) in [5.41, 5.74) is 3.49. The lowest BCUT2D eigenvalue weighted by Crippen LogP contribution is -2.29. The standard InChI is InChI=1S/C26H24Cl2N8O4S/c1-40-26(38)30-19-7-3-16(4-8-19)20-14-22(32-33-25(20)28)21(11-12-41(2)39)31-24(37)10-5-17-13-18(27)6-9-23(17)36-15-29-34-35-36/h3-10,13-15,21H,11-12H2,1-2H3,(H,30,38)(H,31,37)/t21-,41?/m0/s1. The summed E-state index contributed by atoms with van der Waals surface area (Å²) in [4.78, 5) is 24.5. The predicted octanol–water partition coefficient (Wildman–Crippen LogP) is 4.24. The van der Waals surface area contributed by atoms with E-state index >= 15 is 0 Å². The molecule has 2 aromatic heterocycles. The molecule has 0 bridgehead atoms. The molecule has 4 rings (SSSR count). The van der Waals surface area contributed by atoms with Crippen LogP contribution in [-0.4, -0.2) is 65.7 Å². The van der Waals surface area contributed by atoms with E-state index in [1.807, 2.05) is 0 Å². The summed E-state index contributed by atoms with van der Waals surface area (Å²) < 4.78 is 17.9. The highest BCUT2D eigenvalue weighted by molar-refractivity contribution is 7.84. The molecule has 0 spiro atoms. The molecule has 2 atom stereocenters. The number of benzene rings is 2. The van der Waals surface area contributed by atoms with Crippen molar-refractivity contribution in [3.63, 3.8) is 0 Å². The number of ether oxygens (including phenoxy) is 1. The molecule has 2 heterocycles. The molecule has 0 fully saturated rings. The largest absolute Gasteiger partial charge is 0.453 e. The highest BCUT2D eigenvalue weighted by atomic mass is 35.5. The van der Waals surface area contributed by atoms with Crippen LogP contribution in [0.3, 0.4) is 0 Å². The first kappa shape index (κ1) is 29.8. The molecular formula is C26H24Cl2N8O4S. The average molecular weight is 616 g/mol. The van der Waals surface area contributed by atoms with Gasteiger partial charge in [-0.2, -0.15) is 9.78 Å². The van der Waals surface area contributed by atoms with E-state index in [0.717, 1.165) is 0 Å². The summed E-state index contributed by atoms with van der Waals surface area (Å²) in [6.07, 6.45) is 5.71. The van der Waals surface area contributed by atoms with Gasteiger partial charge in [-0.15, -0.1) is 10.2 Å². The zero-order valence-corrected chi connectivity index (χ0v) is 24.2. The van der Waals surface area contributed by atoms with E-state index in [2.05, 4.69) is 41.1 Å². The number of methoxy groups -OCH3 is 1. The first-order valence-electron chi connectivity index (χ1n) is 12.0. The van der Waals surface area contributed by atoms with Gasteiger partial charge in [0.1, 0.15) is 6.33 Å². The summed E-state index contributed by atoms with van der Waals surface area (Å²) in [5.74, 6) is -0.101. The van der Waals surface area contributed by atoms with Gasteiger partial charge in [0.2, 0.25) is 5.91 Å². The Labute approximate surface area is 247 Å². The molecular weight excluding hydrogens is 591 g/mol. The molecule has 0 saturated heterocycles. The Bertz CT molecular complexity index is 1580. The van der Waals surface area contributed by atoms with Crippen molar-refractivity contribution in [3.8, 4) is 16.8 Å². The lowest BCUT2D eigenvalue weighted by Gasteiger charge is -2.18. The fourth-order valence-electron chi connectivity index (χ4n) is 3.77. The maximum atomic E-state index is 13.0. The molecule has 1 unspecified atom stereocenters.